The first-order chi connectivity index (χ1) is 10.8. The highest BCUT2D eigenvalue weighted by molar-refractivity contribution is 5.84. The van der Waals surface area contributed by atoms with E-state index >= 15 is 0 Å². The van der Waals surface area contributed by atoms with Gasteiger partial charge in [-0.1, -0.05) is 12.1 Å². The number of benzene rings is 1. The number of halogens is 3. The lowest BCUT2D eigenvalue weighted by atomic mass is 10.1. The molecule has 126 valence electrons. The van der Waals surface area contributed by atoms with Crippen molar-refractivity contribution in [3.05, 3.63) is 29.8 Å². The molecule has 1 aliphatic heterocycles. The van der Waals surface area contributed by atoms with Crippen LogP contribution >= 0.6 is 0 Å². The smallest absolute Gasteiger partial charge is 0.480 e. The second kappa shape index (κ2) is 6.89. The molecule has 1 heterocycles. The summed E-state index contributed by atoms with van der Waals surface area (Å²) in [7, 11) is 0. The molecule has 0 aliphatic carbocycles. The summed E-state index contributed by atoms with van der Waals surface area (Å²) in [6.07, 6.45) is -3.19. The second-order valence-corrected chi connectivity index (χ2v) is 5.28. The number of aliphatic carboxylic acids is 1. The maximum absolute atomic E-state index is 12.1. The first-order valence-corrected chi connectivity index (χ1v) is 7.13. The summed E-state index contributed by atoms with van der Waals surface area (Å²) in [4.78, 5) is 24.5. The first kappa shape index (κ1) is 17.1. The van der Waals surface area contributed by atoms with Crippen molar-refractivity contribution in [3.63, 3.8) is 0 Å². The van der Waals surface area contributed by atoms with Crippen LogP contribution in [0.15, 0.2) is 24.3 Å². The zero-order valence-corrected chi connectivity index (χ0v) is 12.2. The van der Waals surface area contributed by atoms with Gasteiger partial charge in [0.25, 0.3) is 0 Å². The molecule has 2 rings (SSSR count). The lowest BCUT2D eigenvalue weighted by Crippen LogP contribution is -2.40. The van der Waals surface area contributed by atoms with E-state index in [-0.39, 0.29) is 18.1 Å². The molecule has 0 spiro atoms. The van der Waals surface area contributed by atoms with Gasteiger partial charge < -0.3 is 14.7 Å². The third-order valence-corrected chi connectivity index (χ3v) is 3.64. The van der Waals surface area contributed by atoms with Gasteiger partial charge in [-0.25, -0.2) is 4.79 Å². The van der Waals surface area contributed by atoms with Gasteiger partial charge in [-0.3, -0.25) is 4.79 Å². The summed E-state index contributed by atoms with van der Waals surface area (Å²) in [5.41, 5.74) is 0.680. The van der Waals surface area contributed by atoms with Gasteiger partial charge in [0.15, 0.2) is 0 Å². The molecule has 0 unspecified atom stereocenters. The third-order valence-electron chi connectivity index (χ3n) is 3.64. The SMILES string of the molecule is O=C(O)[C@H]1CCCN1C(=O)CCc1ccc(OC(F)(F)F)cc1. The standard InChI is InChI=1S/C15H16F3NO4/c16-15(17,18)23-11-6-3-10(4-7-11)5-8-13(20)19-9-1-2-12(19)14(21)22/h3-4,6-7,12H,1-2,5,8-9H2,(H,21,22)/t12-/m1/s1. The number of hydrogen-bond donors (Lipinski definition) is 1. The minimum atomic E-state index is -4.74. The predicted octanol–water partition coefficient (Wildman–Crippen LogP) is 2.59. The number of aryl methyl sites for hydroxylation is 1. The van der Waals surface area contributed by atoms with Crippen molar-refractivity contribution in [2.45, 2.75) is 38.1 Å². The van der Waals surface area contributed by atoms with Gasteiger partial charge in [0.1, 0.15) is 11.8 Å². The summed E-state index contributed by atoms with van der Waals surface area (Å²) in [6, 6.07) is 4.50. The van der Waals surface area contributed by atoms with Crippen LogP contribution in [0.4, 0.5) is 13.2 Å². The molecule has 1 N–H and O–H groups in total. The summed E-state index contributed by atoms with van der Waals surface area (Å²) in [6.45, 7) is 0.425. The van der Waals surface area contributed by atoms with E-state index in [0.29, 0.717) is 31.4 Å². The summed E-state index contributed by atoms with van der Waals surface area (Å²) in [5, 5.41) is 9.04. The topological polar surface area (TPSA) is 66.8 Å². The monoisotopic (exact) mass is 331 g/mol. The first-order valence-electron chi connectivity index (χ1n) is 7.13. The Kier molecular flexibility index (Phi) is 5.12. The number of carboxylic acids is 1. The van der Waals surface area contributed by atoms with Crippen molar-refractivity contribution < 1.29 is 32.6 Å². The van der Waals surface area contributed by atoms with Gasteiger partial charge in [0.05, 0.1) is 0 Å². The van der Waals surface area contributed by atoms with Crippen LogP contribution in [-0.4, -0.2) is 40.8 Å². The molecule has 0 saturated carbocycles. The Bertz CT molecular complexity index is 571. The maximum atomic E-state index is 12.1. The van der Waals surface area contributed by atoms with E-state index in [1.165, 1.54) is 29.2 Å². The van der Waals surface area contributed by atoms with E-state index in [4.69, 9.17) is 5.11 Å². The number of carbonyl (C=O) groups is 2. The molecular weight excluding hydrogens is 315 g/mol. The van der Waals surface area contributed by atoms with Gasteiger partial charge in [-0.05, 0) is 37.0 Å². The van der Waals surface area contributed by atoms with Crippen molar-refractivity contribution in [1.82, 2.24) is 4.90 Å². The van der Waals surface area contributed by atoms with Crippen LogP contribution in [0.1, 0.15) is 24.8 Å². The molecule has 0 aromatic heterocycles. The number of carboxylic acid groups (broad SMARTS) is 1. The van der Waals surface area contributed by atoms with E-state index in [0.717, 1.165) is 0 Å². The molecule has 1 aromatic carbocycles. The number of ether oxygens (including phenoxy) is 1. The van der Waals surface area contributed by atoms with E-state index in [2.05, 4.69) is 4.74 Å². The van der Waals surface area contributed by atoms with Crippen molar-refractivity contribution in [3.8, 4) is 5.75 Å². The summed E-state index contributed by atoms with van der Waals surface area (Å²) >= 11 is 0. The Hall–Kier alpha value is -2.25. The highest BCUT2D eigenvalue weighted by atomic mass is 19.4. The van der Waals surface area contributed by atoms with Gasteiger partial charge in [-0.2, -0.15) is 0 Å². The van der Waals surface area contributed by atoms with Gasteiger partial charge >= 0.3 is 12.3 Å². The van der Waals surface area contributed by atoms with Crippen molar-refractivity contribution in [2.24, 2.45) is 0 Å². The summed E-state index contributed by atoms with van der Waals surface area (Å²) < 4.78 is 39.9. The second-order valence-electron chi connectivity index (χ2n) is 5.28. The van der Waals surface area contributed by atoms with Gasteiger partial charge in [0, 0.05) is 13.0 Å². The van der Waals surface area contributed by atoms with Gasteiger partial charge in [-0.15, -0.1) is 13.2 Å². The van der Waals surface area contributed by atoms with E-state index in [1.54, 1.807) is 0 Å². The van der Waals surface area contributed by atoms with Crippen LogP contribution in [0.25, 0.3) is 0 Å². The van der Waals surface area contributed by atoms with Crippen molar-refractivity contribution >= 4 is 11.9 Å². The quantitative estimate of drug-likeness (QED) is 0.901. The molecule has 1 aromatic rings. The highest BCUT2D eigenvalue weighted by Crippen LogP contribution is 2.23. The Labute approximate surface area is 130 Å². The minimum absolute atomic E-state index is 0.114. The molecule has 1 atom stereocenters. The molecule has 23 heavy (non-hydrogen) atoms. The number of hydrogen-bond acceptors (Lipinski definition) is 3. The van der Waals surface area contributed by atoms with Crippen LogP contribution in [0, 0.1) is 0 Å². The van der Waals surface area contributed by atoms with Crippen molar-refractivity contribution in [1.29, 1.82) is 0 Å². The average molecular weight is 331 g/mol. The predicted molar refractivity (Wildman–Crippen MR) is 73.8 cm³/mol. The average Bonchev–Trinajstić information content (AvgIpc) is 2.94. The van der Waals surface area contributed by atoms with E-state index in [1.807, 2.05) is 0 Å². The lowest BCUT2D eigenvalue weighted by Gasteiger charge is -2.21. The Morgan fingerprint density at radius 3 is 2.48 bits per heavy atom. The third kappa shape index (κ3) is 4.87. The van der Waals surface area contributed by atoms with Crippen LogP contribution in [0.3, 0.4) is 0 Å². The highest BCUT2D eigenvalue weighted by Gasteiger charge is 2.33. The maximum Gasteiger partial charge on any atom is 0.573 e. The van der Waals surface area contributed by atoms with Crippen LogP contribution in [0.2, 0.25) is 0 Å². The fraction of sp³-hybridized carbons (Fsp3) is 0.467. The Balaban J connectivity index is 1.88. The Morgan fingerprint density at radius 1 is 1.26 bits per heavy atom. The fourth-order valence-electron chi connectivity index (χ4n) is 2.57. The molecule has 5 nitrogen and oxygen atoms in total. The molecule has 1 amide bonds. The molecule has 0 radical (unpaired) electrons. The lowest BCUT2D eigenvalue weighted by molar-refractivity contribution is -0.274. The normalized spacial score (nSPS) is 18.0. The molecule has 0 bridgehead atoms. The molecular formula is C15H16F3NO4. The molecule has 8 heteroatoms. The number of amides is 1. The van der Waals surface area contributed by atoms with Gasteiger partial charge in [0.2, 0.25) is 5.91 Å². The Morgan fingerprint density at radius 2 is 1.91 bits per heavy atom. The largest absolute Gasteiger partial charge is 0.573 e. The number of alkyl halides is 3. The number of rotatable bonds is 5. The minimum Gasteiger partial charge on any atom is -0.480 e. The summed E-state index contributed by atoms with van der Waals surface area (Å²) in [5.74, 6) is -1.59. The number of likely N-dealkylation sites (tertiary alicyclic amines) is 1. The fourth-order valence-corrected chi connectivity index (χ4v) is 2.57. The zero-order chi connectivity index (χ0) is 17.0. The van der Waals surface area contributed by atoms with E-state index < -0.39 is 18.4 Å². The number of carbonyl (C=O) groups excluding carboxylic acids is 1. The molecule has 1 aliphatic rings. The molecule has 1 fully saturated rings. The van der Waals surface area contributed by atoms with E-state index in [9.17, 15) is 22.8 Å². The van der Waals surface area contributed by atoms with Crippen LogP contribution in [-0.2, 0) is 16.0 Å². The number of nitrogens with zero attached hydrogens (tertiary/aromatic N) is 1. The van der Waals surface area contributed by atoms with Crippen LogP contribution in [0.5, 0.6) is 5.75 Å². The zero-order valence-electron chi connectivity index (χ0n) is 12.2. The van der Waals surface area contributed by atoms with Crippen LogP contribution < -0.4 is 4.74 Å². The molecule has 1 saturated heterocycles. The van der Waals surface area contributed by atoms with Crippen molar-refractivity contribution in [2.75, 3.05) is 6.54 Å².